The molecule has 1 aliphatic rings. The summed E-state index contributed by atoms with van der Waals surface area (Å²) >= 11 is 0. The van der Waals surface area contributed by atoms with Crippen LogP contribution in [-0.2, 0) is 4.79 Å². The quantitative estimate of drug-likeness (QED) is 0.609. The molecule has 0 aromatic carbocycles. The van der Waals surface area contributed by atoms with Gasteiger partial charge in [0.2, 0.25) is 5.91 Å². The van der Waals surface area contributed by atoms with Gasteiger partial charge in [-0.25, -0.2) is 0 Å². The van der Waals surface area contributed by atoms with Crippen molar-refractivity contribution in [3.05, 3.63) is 12.7 Å². The Morgan fingerprint density at radius 2 is 2.36 bits per heavy atom. The standard InChI is InChI=1S/C9H15NO/c1-3-8(11)10-7-9(4-2)5-6-9/h3H,1,4-7H2,2H3,(H,10,11). The number of carbonyl (C=O) groups is 1. The lowest BCUT2D eigenvalue weighted by atomic mass is 10.0. The highest BCUT2D eigenvalue weighted by Crippen LogP contribution is 2.47. The molecule has 0 aromatic rings. The predicted molar refractivity (Wildman–Crippen MR) is 45.2 cm³/mol. The Kier molecular flexibility index (Phi) is 2.32. The van der Waals surface area contributed by atoms with Gasteiger partial charge in [-0.15, -0.1) is 0 Å². The molecule has 62 valence electrons. The van der Waals surface area contributed by atoms with Gasteiger partial charge in [-0.1, -0.05) is 13.5 Å². The van der Waals surface area contributed by atoms with Crippen molar-refractivity contribution in [3.8, 4) is 0 Å². The van der Waals surface area contributed by atoms with Crippen molar-refractivity contribution in [3.63, 3.8) is 0 Å². The average molecular weight is 153 g/mol. The molecule has 0 radical (unpaired) electrons. The molecule has 1 fully saturated rings. The summed E-state index contributed by atoms with van der Waals surface area (Å²) in [7, 11) is 0. The summed E-state index contributed by atoms with van der Waals surface area (Å²) in [5.74, 6) is -0.0512. The van der Waals surface area contributed by atoms with Crippen molar-refractivity contribution in [2.45, 2.75) is 26.2 Å². The van der Waals surface area contributed by atoms with Crippen LogP contribution in [0.3, 0.4) is 0 Å². The predicted octanol–water partition coefficient (Wildman–Crippen LogP) is 1.48. The first kappa shape index (κ1) is 8.31. The van der Waals surface area contributed by atoms with Crippen molar-refractivity contribution in [1.29, 1.82) is 0 Å². The summed E-state index contributed by atoms with van der Waals surface area (Å²) < 4.78 is 0. The normalized spacial score (nSPS) is 19.0. The van der Waals surface area contributed by atoms with E-state index in [2.05, 4.69) is 18.8 Å². The highest BCUT2D eigenvalue weighted by molar-refractivity contribution is 5.86. The summed E-state index contributed by atoms with van der Waals surface area (Å²) in [6, 6.07) is 0. The van der Waals surface area contributed by atoms with Gasteiger partial charge in [0.15, 0.2) is 0 Å². The molecule has 1 amide bonds. The van der Waals surface area contributed by atoms with Gasteiger partial charge in [-0.3, -0.25) is 4.79 Å². The maximum Gasteiger partial charge on any atom is 0.243 e. The molecule has 1 N–H and O–H groups in total. The molecule has 0 saturated heterocycles. The molecule has 0 aromatic heterocycles. The molecule has 0 spiro atoms. The first-order valence-electron chi connectivity index (χ1n) is 4.13. The molecule has 0 aliphatic heterocycles. The number of hydrogen-bond acceptors (Lipinski definition) is 1. The Hall–Kier alpha value is -0.790. The van der Waals surface area contributed by atoms with Gasteiger partial charge in [0.1, 0.15) is 0 Å². The fourth-order valence-corrected chi connectivity index (χ4v) is 1.18. The van der Waals surface area contributed by atoms with Gasteiger partial charge in [0.05, 0.1) is 0 Å². The third kappa shape index (κ3) is 2.07. The zero-order chi connectivity index (χ0) is 8.32. The van der Waals surface area contributed by atoms with Crippen LogP contribution in [0, 0.1) is 5.41 Å². The Labute approximate surface area is 67.7 Å². The fourth-order valence-electron chi connectivity index (χ4n) is 1.18. The van der Waals surface area contributed by atoms with Crippen molar-refractivity contribution >= 4 is 5.91 Å². The monoisotopic (exact) mass is 153 g/mol. The maximum absolute atomic E-state index is 10.8. The van der Waals surface area contributed by atoms with E-state index in [1.807, 2.05) is 0 Å². The zero-order valence-electron chi connectivity index (χ0n) is 7.02. The Balaban J connectivity index is 2.21. The van der Waals surface area contributed by atoms with E-state index in [1.54, 1.807) is 0 Å². The van der Waals surface area contributed by atoms with Crippen molar-refractivity contribution < 1.29 is 4.79 Å². The topological polar surface area (TPSA) is 29.1 Å². The second kappa shape index (κ2) is 3.07. The van der Waals surface area contributed by atoms with E-state index in [-0.39, 0.29) is 5.91 Å². The van der Waals surface area contributed by atoms with Crippen LogP contribution >= 0.6 is 0 Å². The second-order valence-corrected chi connectivity index (χ2v) is 3.28. The van der Waals surface area contributed by atoms with Crippen LogP contribution in [0.4, 0.5) is 0 Å². The molecule has 2 heteroatoms. The number of hydrogen-bond donors (Lipinski definition) is 1. The SMILES string of the molecule is C=CC(=O)NCC1(CC)CC1. The van der Waals surface area contributed by atoms with Crippen LogP contribution in [0.1, 0.15) is 26.2 Å². The van der Waals surface area contributed by atoms with Crippen LogP contribution in [-0.4, -0.2) is 12.5 Å². The van der Waals surface area contributed by atoms with Gasteiger partial charge in [0, 0.05) is 6.54 Å². The lowest BCUT2D eigenvalue weighted by molar-refractivity contribution is -0.116. The molecular formula is C9H15NO. The summed E-state index contributed by atoms with van der Waals surface area (Å²) in [5.41, 5.74) is 0.443. The highest BCUT2D eigenvalue weighted by Gasteiger charge is 2.40. The van der Waals surface area contributed by atoms with Gasteiger partial charge < -0.3 is 5.32 Å². The van der Waals surface area contributed by atoms with Gasteiger partial charge in [-0.2, -0.15) is 0 Å². The summed E-state index contributed by atoms with van der Waals surface area (Å²) in [6.07, 6.45) is 5.03. The smallest absolute Gasteiger partial charge is 0.243 e. The highest BCUT2D eigenvalue weighted by atomic mass is 16.1. The molecule has 1 aliphatic carbocycles. The van der Waals surface area contributed by atoms with Crippen LogP contribution in [0.25, 0.3) is 0 Å². The molecule has 11 heavy (non-hydrogen) atoms. The Morgan fingerprint density at radius 1 is 1.73 bits per heavy atom. The van der Waals surface area contributed by atoms with Gasteiger partial charge >= 0.3 is 0 Å². The minimum absolute atomic E-state index is 0.0512. The molecule has 0 heterocycles. The number of carbonyl (C=O) groups excluding carboxylic acids is 1. The summed E-state index contributed by atoms with van der Waals surface area (Å²) in [6.45, 7) is 6.40. The lowest BCUT2D eigenvalue weighted by Crippen LogP contribution is -2.28. The lowest BCUT2D eigenvalue weighted by Gasteiger charge is -2.11. The molecule has 0 unspecified atom stereocenters. The van der Waals surface area contributed by atoms with Crippen LogP contribution in [0.5, 0.6) is 0 Å². The number of amides is 1. The number of nitrogens with one attached hydrogen (secondary N) is 1. The minimum atomic E-state index is -0.0512. The Morgan fingerprint density at radius 3 is 2.73 bits per heavy atom. The minimum Gasteiger partial charge on any atom is -0.352 e. The molecule has 2 nitrogen and oxygen atoms in total. The molecule has 0 bridgehead atoms. The summed E-state index contributed by atoms with van der Waals surface area (Å²) in [4.78, 5) is 10.8. The maximum atomic E-state index is 10.8. The van der Waals surface area contributed by atoms with Crippen molar-refractivity contribution in [1.82, 2.24) is 5.32 Å². The third-order valence-electron chi connectivity index (χ3n) is 2.53. The summed E-state index contributed by atoms with van der Waals surface area (Å²) in [5, 5.41) is 2.83. The van der Waals surface area contributed by atoms with E-state index < -0.39 is 0 Å². The molecular weight excluding hydrogens is 138 g/mol. The van der Waals surface area contributed by atoms with E-state index in [4.69, 9.17) is 0 Å². The van der Waals surface area contributed by atoms with E-state index in [0.29, 0.717) is 5.41 Å². The fraction of sp³-hybridized carbons (Fsp3) is 0.667. The zero-order valence-corrected chi connectivity index (χ0v) is 7.02. The van der Waals surface area contributed by atoms with E-state index in [1.165, 1.54) is 25.3 Å². The molecule has 0 atom stereocenters. The van der Waals surface area contributed by atoms with Crippen LogP contribution in [0.2, 0.25) is 0 Å². The van der Waals surface area contributed by atoms with Crippen molar-refractivity contribution in [2.75, 3.05) is 6.54 Å². The third-order valence-corrected chi connectivity index (χ3v) is 2.53. The van der Waals surface area contributed by atoms with E-state index >= 15 is 0 Å². The number of rotatable bonds is 4. The largest absolute Gasteiger partial charge is 0.352 e. The first-order valence-corrected chi connectivity index (χ1v) is 4.13. The van der Waals surface area contributed by atoms with Crippen LogP contribution in [0.15, 0.2) is 12.7 Å². The second-order valence-electron chi connectivity index (χ2n) is 3.28. The molecule has 1 saturated carbocycles. The molecule has 1 rings (SSSR count). The first-order chi connectivity index (χ1) is 5.22. The van der Waals surface area contributed by atoms with E-state index in [0.717, 1.165) is 6.54 Å². The van der Waals surface area contributed by atoms with Gasteiger partial charge in [-0.05, 0) is 30.8 Å². The van der Waals surface area contributed by atoms with Gasteiger partial charge in [0.25, 0.3) is 0 Å². The Bertz CT molecular complexity index is 170. The average Bonchev–Trinajstić information content (AvgIpc) is 2.81. The van der Waals surface area contributed by atoms with Crippen molar-refractivity contribution in [2.24, 2.45) is 5.41 Å². The van der Waals surface area contributed by atoms with E-state index in [9.17, 15) is 4.79 Å². The van der Waals surface area contributed by atoms with Crippen LogP contribution < -0.4 is 5.32 Å².